The molecule has 2 aliphatic carbocycles. The molecule has 0 aromatic rings. The van der Waals surface area contributed by atoms with Gasteiger partial charge in [-0.15, -0.1) is 6.58 Å². The van der Waals surface area contributed by atoms with Crippen LogP contribution in [0.2, 0.25) is 0 Å². The molecule has 0 radical (unpaired) electrons. The van der Waals surface area contributed by atoms with Gasteiger partial charge in [-0.3, -0.25) is 0 Å². The van der Waals surface area contributed by atoms with Crippen LogP contribution in [0.15, 0.2) is 24.8 Å². The van der Waals surface area contributed by atoms with Crippen molar-refractivity contribution in [1.82, 2.24) is 0 Å². The zero-order valence-corrected chi connectivity index (χ0v) is 14.6. The van der Waals surface area contributed by atoms with Gasteiger partial charge in [-0.2, -0.15) is 0 Å². The van der Waals surface area contributed by atoms with E-state index in [-0.39, 0.29) is 0 Å². The van der Waals surface area contributed by atoms with Crippen molar-refractivity contribution < 1.29 is 4.74 Å². The molecule has 0 amide bonds. The highest BCUT2D eigenvalue weighted by molar-refractivity contribution is 4.84. The van der Waals surface area contributed by atoms with E-state index in [0.29, 0.717) is 6.10 Å². The van der Waals surface area contributed by atoms with E-state index in [4.69, 9.17) is 4.74 Å². The normalized spacial score (nSPS) is 33.1. The Hall–Kier alpha value is -0.560. The van der Waals surface area contributed by atoms with E-state index in [1.165, 1.54) is 64.2 Å². The molecule has 0 spiro atoms. The summed E-state index contributed by atoms with van der Waals surface area (Å²) in [5.41, 5.74) is 0. The van der Waals surface area contributed by atoms with Gasteiger partial charge >= 0.3 is 0 Å². The van der Waals surface area contributed by atoms with Gasteiger partial charge in [0.1, 0.15) is 0 Å². The molecule has 0 bridgehead atoms. The van der Waals surface area contributed by atoms with Gasteiger partial charge in [-0.1, -0.05) is 38.0 Å². The van der Waals surface area contributed by atoms with E-state index >= 15 is 0 Å². The van der Waals surface area contributed by atoms with Crippen molar-refractivity contribution in [2.45, 2.75) is 83.7 Å². The SMILES string of the molecule is C=CCC[C@H]1CC[C@H]([C@H]2CC[C@H](OC/C=C/CC)CC2)CC1. The second-order valence-corrected chi connectivity index (χ2v) is 7.40. The van der Waals surface area contributed by atoms with Crippen LogP contribution in [-0.4, -0.2) is 12.7 Å². The lowest BCUT2D eigenvalue weighted by Gasteiger charge is -2.37. The Balaban J connectivity index is 1.61. The Morgan fingerprint density at radius 3 is 2.14 bits per heavy atom. The lowest BCUT2D eigenvalue weighted by molar-refractivity contribution is 0.0210. The summed E-state index contributed by atoms with van der Waals surface area (Å²) in [5.74, 6) is 2.99. The van der Waals surface area contributed by atoms with Gasteiger partial charge in [0, 0.05) is 0 Å². The van der Waals surface area contributed by atoms with Crippen molar-refractivity contribution in [1.29, 1.82) is 0 Å². The molecule has 0 aromatic carbocycles. The van der Waals surface area contributed by atoms with Gasteiger partial charge in [0.25, 0.3) is 0 Å². The maximum atomic E-state index is 5.99. The van der Waals surface area contributed by atoms with Gasteiger partial charge in [-0.05, 0) is 75.5 Å². The van der Waals surface area contributed by atoms with Crippen LogP contribution < -0.4 is 0 Å². The molecule has 0 heterocycles. The summed E-state index contributed by atoms with van der Waals surface area (Å²) in [6.07, 6.45) is 22.0. The summed E-state index contributed by atoms with van der Waals surface area (Å²) in [7, 11) is 0. The van der Waals surface area contributed by atoms with Crippen molar-refractivity contribution in [3.63, 3.8) is 0 Å². The first-order chi connectivity index (χ1) is 10.8. The van der Waals surface area contributed by atoms with Crippen molar-refractivity contribution in [3.8, 4) is 0 Å². The highest BCUT2D eigenvalue weighted by Crippen LogP contribution is 2.41. The summed E-state index contributed by atoms with van der Waals surface area (Å²) >= 11 is 0. The van der Waals surface area contributed by atoms with Gasteiger partial charge in [0.15, 0.2) is 0 Å². The van der Waals surface area contributed by atoms with E-state index in [9.17, 15) is 0 Å². The minimum atomic E-state index is 0.529. The van der Waals surface area contributed by atoms with Gasteiger partial charge in [0.2, 0.25) is 0 Å². The highest BCUT2D eigenvalue weighted by atomic mass is 16.5. The predicted molar refractivity (Wildman–Crippen MR) is 96.0 cm³/mol. The molecule has 2 aliphatic rings. The summed E-state index contributed by atoms with van der Waals surface area (Å²) in [4.78, 5) is 0. The first-order valence-corrected chi connectivity index (χ1v) is 9.71. The Labute approximate surface area is 138 Å². The Bertz CT molecular complexity index is 317. The summed E-state index contributed by atoms with van der Waals surface area (Å²) in [5, 5.41) is 0. The molecule has 2 fully saturated rings. The molecule has 126 valence electrons. The van der Waals surface area contributed by atoms with E-state index < -0.39 is 0 Å². The molecule has 1 heteroatoms. The molecule has 0 unspecified atom stereocenters. The quantitative estimate of drug-likeness (QED) is 0.478. The summed E-state index contributed by atoms with van der Waals surface area (Å²) < 4.78 is 5.99. The van der Waals surface area contributed by atoms with Gasteiger partial charge in [0.05, 0.1) is 12.7 Å². The predicted octanol–water partition coefficient (Wildman–Crippen LogP) is 6.30. The molecule has 1 nitrogen and oxygen atoms in total. The number of ether oxygens (including phenoxy) is 1. The van der Waals surface area contributed by atoms with Crippen molar-refractivity contribution in [2.24, 2.45) is 17.8 Å². The lowest BCUT2D eigenvalue weighted by Crippen LogP contribution is -2.28. The molecule has 0 aliphatic heterocycles. The second-order valence-electron chi connectivity index (χ2n) is 7.40. The molecule has 0 aromatic heterocycles. The van der Waals surface area contributed by atoms with Crippen LogP contribution in [0.1, 0.15) is 77.6 Å². The van der Waals surface area contributed by atoms with Crippen molar-refractivity contribution >= 4 is 0 Å². The van der Waals surface area contributed by atoms with E-state index in [0.717, 1.165) is 30.8 Å². The number of hydrogen-bond donors (Lipinski definition) is 0. The molecular weight excluding hydrogens is 268 g/mol. The maximum absolute atomic E-state index is 5.99. The van der Waals surface area contributed by atoms with Crippen LogP contribution >= 0.6 is 0 Å². The van der Waals surface area contributed by atoms with E-state index in [1.807, 2.05) is 0 Å². The average Bonchev–Trinajstić information content (AvgIpc) is 2.58. The minimum Gasteiger partial charge on any atom is -0.374 e. The fourth-order valence-electron chi connectivity index (χ4n) is 4.45. The third kappa shape index (κ3) is 5.91. The number of allylic oxidation sites excluding steroid dienone is 2. The van der Waals surface area contributed by atoms with Crippen molar-refractivity contribution in [3.05, 3.63) is 24.8 Å². The molecule has 0 saturated heterocycles. The molecule has 22 heavy (non-hydrogen) atoms. The van der Waals surface area contributed by atoms with E-state index in [2.05, 4.69) is 31.7 Å². The number of rotatable bonds is 8. The van der Waals surface area contributed by atoms with E-state index in [1.54, 1.807) is 0 Å². The first kappa shape index (κ1) is 17.8. The van der Waals surface area contributed by atoms with Crippen LogP contribution in [0.4, 0.5) is 0 Å². The largest absolute Gasteiger partial charge is 0.374 e. The fourth-order valence-corrected chi connectivity index (χ4v) is 4.45. The Morgan fingerprint density at radius 1 is 0.909 bits per heavy atom. The smallest absolute Gasteiger partial charge is 0.0651 e. The topological polar surface area (TPSA) is 9.23 Å². The fraction of sp³-hybridized carbons (Fsp3) is 0.810. The Kier molecular flexibility index (Phi) is 8.30. The molecule has 0 N–H and O–H groups in total. The highest BCUT2D eigenvalue weighted by Gasteiger charge is 2.30. The average molecular weight is 305 g/mol. The zero-order chi connectivity index (χ0) is 15.6. The lowest BCUT2D eigenvalue weighted by atomic mass is 9.70. The third-order valence-corrected chi connectivity index (χ3v) is 5.89. The third-order valence-electron chi connectivity index (χ3n) is 5.89. The molecule has 2 rings (SSSR count). The summed E-state index contributed by atoms with van der Waals surface area (Å²) in [6, 6.07) is 0. The maximum Gasteiger partial charge on any atom is 0.0651 e. The van der Waals surface area contributed by atoms with Crippen LogP contribution in [0.3, 0.4) is 0 Å². The van der Waals surface area contributed by atoms with Crippen LogP contribution in [0.5, 0.6) is 0 Å². The van der Waals surface area contributed by atoms with Gasteiger partial charge in [-0.25, -0.2) is 0 Å². The Morgan fingerprint density at radius 2 is 1.55 bits per heavy atom. The first-order valence-electron chi connectivity index (χ1n) is 9.71. The zero-order valence-electron chi connectivity index (χ0n) is 14.6. The monoisotopic (exact) mass is 304 g/mol. The van der Waals surface area contributed by atoms with Crippen LogP contribution in [0, 0.1) is 17.8 Å². The van der Waals surface area contributed by atoms with Crippen molar-refractivity contribution in [2.75, 3.05) is 6.61 Å². The summed E-state index contributed by atoms with van der Waals surface area (Å²) in [6.45, 7) is 6.85. The minimum absolute atomic E-state index is 0.529. The molecule has 2 saturated carbocycles. The molecular formula is C21H36O. The van der Waals surface area contributed by atoms with Gasteiger partial charge < -0.3 is 4.74 Å². The second kappa shape index (κ2) is 10.3. The van der Waals surface area contributed by atoms with Crippen LogP contribution in [0.25, 0.3) is 0 Å². The standard InChI is InChI=1S/C21H36O/c1-3-5-7-17-22-21-15-13-20(14-16-21)19-11-9-18(10-12-19)8-6-4-2/h4-5,7,18-21H,2-3,6,8-17H2,1H3/b7-5+/t18-,19-,20-,21-. The molecule has 0 atom stereocenters. The van der Waals surface area contributed by atoms with Crippen LogP contribution in [-0.2, 0) is 4.74 Å². The number of hydrogen-bond acceptors (Lipinski definition) is 1.